The number of allylic oxidation sites excluding steroid dienone is 1. The molecule has 41 heavy (non-hydrogen) atoms. The van der Waals surface area contributed by atoms with Gasteiger partial charge in [0.15, 0.2) is 17.2 Å². The summed E-state index contributed by atoms with van der Waals surface area (Å²) in [7, 11) is 0. The predicted molar refractivity (Wildman–Crippen MR) is 152 cm³/mol. The fourth-order valence-electron chi connectivity index (χ4n) is 8.01. The van der Waals surface area contributed by atoms with Crippen LogP contribution in [0.2, 0.25) is 0 Å². The van der Waals surface area contributed by atoms with Crippen molar-refractivity contribution < 1.29 is 39.9 Å². The number of phenolic OH excluding ortho intramolecular Hbond substituents is 1. The van der Waals surface area contributed by atoms with Gasteiger partial charge in [0.2, 0.25) is 5.78 Å². The number of ketones is 3. The Hall–Kier alpha value is -3.75. The Balaban J connectivity index is 1.89. The minimum atomic E-state index is -2.90. The molecule has 0 amide bonds. The Bertz CT molecular complexity index is 1600. The van der Waals surface area contributed by atoms with Crippen molar-refractivity contribution >= 4 is 23.1 Å². The standard InChI is InChI=1S/C33H36O8/c1-14(2)23-26(36)21(17(5)34)28(38)33(41)29(39)24-27(37)22-20(16(4)31(24,6)30(40)32(23,33)7)13-19(15(3)25(22)35)18-11-9-8-10-12-18/h8-14,16,23,30,35,37-38,40-41H,1-7H3/t16-,23?,30-,31+,32+,33+/m1/s1. The van der Waals surface area contributed by atoms with E-state index in [-0.39, 0.29) is 16.9 Å². The van der Waals surface area contributed by atoms with E-state index in [4.69, 9.17) is 0 Å². The lowest BCUT2D eigenvalue weighted by Crippen LogP contribution is -2.75. The van der Waals surface area contributed by atoms with E-state index < -0.39 is 74.7 Å². The van der Waals surface area contributed by atoms with E-state index in [2.05, 4.69) is 0 Å². The van der Waals surface area contributed by atoms with Crippen LogP contribution in [0.25, 0.3) is 16.9 Å². The average molecular weight is 561 g/mol. The molecule has 3 aliphatic carbocycles. The van der Waals surface area contributed by atoms with Gasteiger partial charge in [-0.05, 0) is 54.0 Å². The van der Waals surface area contributed by atoms with Crippen LogP contribution in [0.1, 0.15) is 64.2 Å². The molecule has 1 saturated carbocycles. The fraction of sp³-hybridized carbons (Fsp3) is 0.424. The molecular formula is C33H36O8. The van der Waals surface area contributed by atoms with E-state index in [9.17, 15) is 39.9 Å². The van der Waals surface area contributed by atoms with E-state index in [1.54, 1.807) is 34.6 Å². The van der Waals surface area contributed by atoms with Crippen molar-refractivity contribution in [2.75, 3.05) is 0 Å². The van der Waals surface area contributed by atoms with Crippen LogP contribution in [0, 0.1) is 29.6 Å². The van der Waals surface area contributed by atoms with Crippen molar-refractivity contribution in [3.63, 3.8) is 0 Å². The highest BCUT2D eigenvalue weighted by molar-refractivity contribution is 6.24. The molecule has 0 saturated heterocycles. The minimum Gasteiger partial charge on any atom is -0.508 e. The van der Waals surface area contributed by atoms with E-state index in [0.29, 0.717) is 16.7 Å². The molecule has 0 aliphatic heterocycles. The number of phenols is 1. The van der Waals surface area contributed by atoms with Gasteiger partial charge in [0.1, 0.15) is 22.8 Å². The van der Waals surface area contributed by atoms with Crippen LogP contribution >= 0.6 is 0 Å². The molecule has 0 heterocycles. The highest BCUT2D eigenvalue weighted by atomic mass is 16.4. The molecule has 0 bridgehead atoms. The van der Waals surface area contributed by atoms with Crippen molar-refractivity contribution in [3.05, 3.63) is 70.0 Å². The van der Waals surface area contributed by atoms with Gasteiger partial charge in [-0.1, -0.05) is 65.0 Å². The first-order valence-corrected chi connectivity index (χ1v) is 13.8. The summed E-state index contributed by atoms with van der Waals surface area (Å²) in [5, 5.41) is 58.9. The Morgan fingerprint density at radius 3 is 2.15 bits per heavy atom. The number of carbonyl (C=O) groups is 3. The minimum absolute atomic E-state index is 0.00235. The number of Topliss-reactive ketones (excluding diaryl/α,β-unsaturated/α-hetero) is 3. The van der Waals surface area contributed by atoms with E-state index >= 15 is 0 Å². The molecule has 2 aromatic rings. The van der Waals surface area contributed by atoms with Gasteiger partial charge in [-0.15, -0.1) is 0 Å². The maximum absolute atomic E-state index is 14.5. The normalized spacial score (nSPS) is 33.1. The van der Waals surface area contributed by atoms with Gasteiger partial charge < -0.3 is 25.5 Å². The number of benzene rings is 2. The summed E-state index contributed by atoms with van der Waals surface area (Å²) in [6.07, 6.45) is -1.66. The van der Waals surface area contributed by atoms with Gasteiger partial charge >= 0.3 is 0 Å². The van der Waals surface area contributed by atoms with Crippen LogP contribution in [-0.2, 0) is 14.4 Å². The van der Waals surface area contributed by atoms with Gasteiger partial charge in [0.05, 0.1) is 17.2 Å². The molecule has 6 atom stereocenters. The monoisotopic (exact) mass is 560 g/mol. The number of aliphatic hydroxyl groups excluding tert-OH is 3. The Morgan fingerprint density at radius 2 is 1.61 bits per heavy atom. The molecule has 8 nitrogen and oxygen atoms in total. The molecule has 0 radical (unpaired) electrons. The number of fused-ring (bicyclic) bond motifs is 3. The number of hydrogen-bond donors (Lipinski definition) is 5. The second-order valence-electron chi connectivity index (χ2n) is 12.5. The predicted octanol–water partition coefficient (Wildman–Crippen LogP) is 4.70. The van der Waals surface area contributed by atoms with Crippen molar-refractivity contribution in [2.24, 2.45) is 22.7 Å². The largest absolute Gasteiger partial charge is 0.508 e. The molecule has 5 N–H and O–H groups in total. The van der Waals surface area contributed by atoms with E-state index in [0.717, 1.165) is 12.5 Å². The summed E-state index contributed by atoms with van der Waals surface area (Å²) in [5.74, 6) is -7.20. The second-order valence-corrected chi connectivity index (χ2v) is 12.5. The summed E-state index contributed by atoms with van der Waals surface area (Å²) in [6.45, 7) is 10.8. The first kappa shape index (κ1) is 28.8. The van der Waals surface area contributed by atoms with Crippen molar-refractivity contribution in [2.45, 2.75) is 66.1 Å². The lowest BCUT2D eigenvalue weighted by atomic mass is 9.40. The van der Waals surface area contributed by atoms with Crippen molar-refractivity contribution in [1.82, 2.24) is 0 Å². The maximum atomic E-state index is 14.5. The third kappa shape index (κ3) is 3.20. The Morgan fingerprint density at radius 1 is 1.02 bits per heavy atom. The zero-order valence-electron chi connectivity index (χ0n) is 24.2. The highest BCUT2D eigenvalue weighted by Crippen LogP contribution is 2.68. The number of carbonyl (C=O) groups excluding carboxylic acids is 3. The summed E-state index contributed by atoms with van der Waals surface area (Å²) in [4.78, 5) is 40.7. The first-order valence-electron chi connectivity index (χ1n) is 13.8. The Kier molecular flexibility index (Phi) is 6.23. The zero-order chi connectivity index (χ0) is 30.6. The summed E-state index contributed by atoms with van der Waals surface area (Å²) < 4.78 is 0. The number of aliphatic hydroxyl groups is 4. The van der Waals surface area contributed by atoms with Gasteiger partial charge in [-0.2, -0.15) is 0 Å². The second kappa shape index (κ2) is 8.87. The number of hydrogen-bond acceptors (Lipinski definition) is 8. The number of aromatic hydroxyl groups is 1. The lowest BCUT2D eigenvalue weighted by Gasteiger charge is -2.63. The molecule has 3 aliphatic rings. The lowest BCUT2D eigenvalue weighted by molar-refractivity contribution is -0.215. The van der Waals surface area contributed by atoms with Crippen LogP contribution in [0.15, 0.2) is 53.3 Å². The molecule has 8 heteroatoms. The summed E-state index contributed by atoms with van der Waals surface area (Å²) in [5.41, 5.74) is -5.05. The van der Waals surface area contributed by atoms with Crippen LogP contribution in [0.5, 0.6) is 5.75 Å². The third-order valence-electron chi connectivity index (χ3n) is 10.3. The van der Waals surface area contributed by atoms with Crippen LogP contribution in [0.3, 0.4) is 0 Å². The zero-order valence-corrected chi connectivity index (χ0v) is 24.2. The summed E-state index contributed by atoms with van der Waals surface area (Å²) >= 11 is 0. The van der Waals surface area contributed by atoms with Crippen LogP contribution < -0.4 is 0 Å². The van der Waals surface area contributed by atoms with Crippen molar-refractivity contribution in [3.8, 4) is 16.9 Å². The van der Waals surface area contributed by atoms with Crippen molar-refractivity contribution in [1.29, 1.82) is 0 Å². The molecule has 0 aromatic heterocycles. The molecule has 216 valence electrons. The molecular weight excluding hydrogens is 524 g/mol. The number of rotatable bonds is 3. The van der Waals surface area contributed by atoms with E-state index in [1.165, 1.54) is 6.92 Å². The quantitative estimate of drug-likeness (QED) is 0.339. The van der Waals surface area contributed by atoms with Gasteiger partial charge in [-0.3, -0.25) is 14.4 Å². The average Bonchev–Trinajstić information content (AvgIpc) is 2.90. The molecule has 1 fully saturated rings. The third-order valence-corrected chi connectivity index (χ3v) is 10.3. The fourth-order valence-corrected chi connectivity index (χ4v) is 8.01. The first-order chi connectivity index (χ1) is 19.0. The van der Waals surface area contributed by atoms with Gasteiger partial charge in [-0.25, -0.2) is 0 Å². The summed E-state index contributed by atoms with van der Waals surface area (Å²) in [6, 6.07) is 11.2. The molecule has 0 spiro atoms. The van der Waals surface area contributed by atoms with Gasteiger partial charge in [0, 0.05) is 16.7 Å². The van der Waals surface area contributed by atoms with Crippen LogP contribution in [0.4, 0.5) is 0 Å². The smallest absolute Gasteiger partial charge is 0.203 e. The molecule has 5 rings (SSSR count). The SMILES string of the molecule is CC(=O)C1=C(O)[C@]2(O)C(=O)C3=C(O)c4c(cc(-c5ccccc5)c(C)c4O)[C@@H](C)[C@]3(C)[C@@H](O)[C@]2(C)C(C(C)C)C1=O. The Labute approximate surface area is 238 Å². The topological polar surface area (TPSA) is 152 Å². The van der Waals surface area contributed by atoms with Gasteiger partial charge in [0.25, 0.3) is 0 Å². The van der Waals surface area contributed by atoms with E-state index in [1.807, 2.05) is 36.4 Å². The highest BCUT2D eigenvalue weighted by Gasteiger charge is 2.77. The maximum Gasteiger partial charge on any atom is 0.203 e. The molecule has 2 aromatic carbocycles. The van der Waals surface area contributed by atoms with Crippen LogP contribution in [-0.4, -0.2) is 54.6 Å². The molecule has 1 unspecified atom stereocenters.